The average Bonchev–Trinajstić information content (AvgIpc) is 1.91. The van der Waals surface area contributed by atoms with Gasteiger partial charge in [-0.1, -0.05) is 0 Å². The van der Waals surface area contributed by atoms with Crippen LogP contribution in [0, 0.1) is 6.42 Å². The Labute approximate surface area is 45.1 Å². The van der Waals surface area contributed by atoms with Crippen molar-refractivity contribution < 1.29 is 9.35 Å². The van der Waals surface area contributed by atoms with E-state index in [1.54, 1.807) is 0 Å². The highest BCUT2D eigenvalue weighted by Crippen LogP contribution is 2.09. The lowest BCUT2D eigenvalue weighted by molar-refractivity contribution is -0.108. The molecule has 1 rings (SSSR count). The molecule has 1 fully saturated rings. The van der Waals surface area contributed by atoms with E-state index in [0.717, 1.165) is 0 Å². The van der Waals surface area contributed by atoms with Crippen molar-refractivity contribution in [2.45, 2.75) is 6.42 Å². The Morgan fingerprint density at radius 1 is 1.86 bits per heavy atom. The Hall–Kier alpha value is -0.0200. The van der Waals surface area contributed by atoms with Crippen molar-refractivity contribution in [3.63, 3.8) is 0 Å². The largest absolute Gasteiger partial charge is 0.609 e. The normalized spacial score (nSPS) is 31.6. The van der Waals surface area contributed by atoms with Crippen LogP contribution in [0.15, 0.2) is 0 Å². The van der Waals surface area contributed by atoms with Gasteiger partial charge in [-0.15, -0.1) is 0 Å². The standard InChI is InChI=1S/C4H5O2S/c5-4-2-1-3-7(4)6/h2H,1,3H2. The summed E-state index contributed by atoms with van der Waals surface area (Å²) >= 11 is -1.16. The highest BCUT2D eigenvalue weighted by Gasteiger charge is 2.25. The molecule has 1 atom stereocenters. The van der Waals surface area contributed by atoms with Gasteiger partial charge >= 0.3 is 5.12 Å². The fraction of sp³-hybridized carbons (Fsp3) is 0.500. The first kappa shape index (κ1) is 5.12. The van der Waals surface area contributed by atoms with Gasteiger partial charge in [0.1, 0.15) is 5.75 Å². The maximum absolute atomic E-state index is 10.3. The molecule has 1 aliphatic rings. The summed E-state index contributed by atoms with van der Waals surface area (Å²) in [6.07, 6.45) is 2.18. The van der Waals surface area contributed by atoms with E-state index in [4.69, 9.17) is 0 Å². The van der Waals surface area contributed by atoms with Crippen LogP contribution in [-0.2, 0) is 16.0 Å². The SMILES string of the molecule is O=C1[CH]CC[S+]1[O-]. The highest BCUT2D eigenvalue weighted by molar-refractivity contribution is 8.06. The minimum atomic E-state index is -1.16. The topological polar surface area (TPSA) is 40.1 Å². The van der Waals surface area contributed by atoms with Crippen molar-refractivity contribution in [3.8, 4) is 0 Å². The van der Waals surface area contributed by atoms with Gasteiger partial charge in [-0.05, 0) is 0 Å². The molecule has 2 nitrogen and oxygen atoms in total. The van der Waals surface area contributed by atoms with E-state index in [9.17, 15) is 9.35 Å². The van der Waals surface area contributed by atoms with Gasteiger partial charge in [0.25, 0.3) is 0 Å². The Morgan fingerprint density at radius 2 is 2.57 bits per heavy atom. The van der Waals surface area contributed by atoms with Crippen LogP contribution in [0.1, 0.15) is 6.42 Å². The molecule has 1 radical (unpaired) electrons. The Balaban J connectivity index is 2.48. The molecule has 1 heterocycles. The zero-order valence-corrected chi connectivity index (χ0v) is 4.53. The van der Waals surface area contributed by atoms with Gasteiger partial charge in [0.15, 0.2) is 0 Å². The van der Waals surface area contributed by atoms with Gasteiger partial charge in [-0.2, -0.15) is 0 Å². The number of hydrogen-bond acceptors (Lipinski definition) is 2. The van der Waals surface area contributed by atoms with Crippen LogP contribution in [0.25, 0.3) is 0 Å². The van der Waals surface area contributed by atoms with E-state index in [-0.39, 0.29) is 5.12 Å². The lowest BCUT2D eigenvalue weighted by atomic mass is 10.4. The molecule has 0 spiro atoms. The van der Waals surface area contributed by atoms with Crippen molar-refractivity contribution in [1.82, 2.24) is 0 Å². The third kappa shape index (κ3) is 0.951. The number of rotatable bonds is 0. The summed E-state index contributed by atoms with van der Waals surface area (Å²) in [5.74, 6) is 0.541. The summed E-state index contributed by atoms with van der Waals surface area (Å²) in [6, 6.07) is 0. The molecule has 7 heavy (non-hydrogen) atoms. The summed E-state index contributed by atoms with van der Waals surface area (Å²) < 4.78 is 10.3. The van der Waals surface area contributed by atoms with E-state index in [0.29, 0.717) is 12.2 Å². The van der Waals surface area contributed by atoms with Gasteiger partial charge in [-0.3, -0.25) is 0 Å². The summed E-state index contributed by atoms with van der Waals surface area (Å²) in [6.45, 7) is 0. The molecule has 3 heteroatoms. The summed E-state index contributed by atoms with van der Waals surface area (Å²) in [4.78, 5) is 10.2. The van der Waals surface area contributed by atoms with Crippen LogP contribution in [0.2, 0.25) is 0 Å². The number of hydrogen-bond donors (Lipinski definition) is 0. The lowest BCUT2D eigenvalue weighted by Gasteiger charge is -1.93. The molecular weight excluding hydrogens is 112 g/mol. The van der Waals surface area contributed by atoms with Gasteiger partial charge in [0, 0.05) is 17.6 Å². The van der Waals surface area contributed by atoms with Crippen LogP contribution in [0.3, 0.4) is 0 Å². The minimum absolute atomic E-state index is 0.194. The lowest BCUT2D eigenvalue weighted by Crippen LogP contribution is -2.07. The van der Waals surface area contributed by atoms with E-state index in [1.165, 1.54) is 6.42 Å². The second-order valence-electron chi connectivity index (χ2n) is 1.36. The van der Waals surface area contributed by atoms with Crippen molar-refractivity contribution in [1.29, 1.82) is 0 Å². The molecule has 1 unspecified atom stereocenters. The van der Waals surface area contributed by atoms with Crippen molar-refractivity contribution >= 4 is 16.3 Å². The smallest absolute Gasteiger partial charge is 0.333 e. The fourth-order valence-corrected chi connectivity index (χ4v) is 1.31. The van der Waals surface area contributed by atoms with E-state index < -0.39 is 11.2 Å². The molecule has 0 aromatic carbocycles. The first-order chi connectivity index (χ1) is 3.30. The molecule has 0 amide bonds. The molecule has 0 aliphatic carbocycles. The summed E-state index contributed by atoms with van der Waals surface area (Å²) in [5, 5.41) is -0.194. The van der Waals surface area contributed by atoms with Gasteiger partial charge in [0.05, 0.1) is 6.42 Å². The van der Waals surface area contributed by atoms with Crippen molar-refractivity contribution in [3.05, 3.63) is 6.42 Å². The fourth-order valence-electron chi connectivity index (χ4n) is 0.477. The predicted molar refractivity (Wildman–Crippen MR) is 26.9 cm³/mol. The number of carbonyl (C=O) groups is 1. The van der Waals surface area contributed by atoms with Gasteiger partial charge in [0.2, 0.25) is 0 Å². The molecule has 0 aromatic heterocycles. The Morgan fingerprint density at radius 3 is 2.71 bits per heavy atom. The molecular formula is C4H5O2S. The predicted octanol–water partition coefficient (Wildman–Crippen LogP) is -0.130. The van der Waals surface area contributed by atoms with Crippen molar-refractivity contribution in [2.24, 2.45) is 0 Å². The first-order valence-corrected chi connectivity index (χ1v) is 3.38. The molecule has 1 saturated heterocycles. The first-order valence-electron chi connectivity index (χ1n) is 2.06. The molecule has 0 bridgehead atoms. The van der Waals surface area contributed by atoms with Crippen LogP contribution >= 0.6 is 0 Å². The number of carbonyl (C=O) groups excluding carboxylic acids is 1. The van der Waals surface area contributed by atoms with Gasteiger partial charge < -0.3 is 4.55 Å². The molecule has 1 aliphatic heterocycles. The molecule has 0 N–H and O–H groups in total. The van der Waals surface area contributed by atoms with Crippen molar-refractivity contribution in [2.75, 3.05) is 5.75 Å². The minimum Gasteiger partial charge on any atom is -0.609 e. The summed E-state index contributed by atoms with van der Waals surface area (Å²) in [7, 11) is 0. The Kier molecular flexibility index (Phi) is 1.35. The van der Waals surface area contributed by atoms with E-state index in [1.807, 2.05) is 0 Å². The molecule has 0 saturated carbocycles. The van der Waals surface area contributed by atoms with Crippen LogP contribution < -0.4 is 0 Å². The van der Waals surface area contributed by atoms with Gasteiger partial charge in [-0.25, -0.2) is 4.79 Å². The maximum Gasteiger partial charge on any atom is 0.333 e. The second kappa shape index (κ2) is 1.84. The third-order valence-electron chi connectivity index (χ3n) is 0.839. The van der Waals surface area contributed by atoms with Crippen LogP contribution in [0.5, 0.6) is 0 Å². The average molecular weight is 117 g/mol. The molecule has 0 aromatic rings. The quantitative estimate of drug-likeness (QED) is 0.415. The second-order valence-corrected chi connectivity index (χ2v) is 2.86. The zero-order chi connectivity index (χ0) is 5.28. The van der Waals surface area contributed by atoms with E-state index >= 15 is 0 Å². The van der Waals surface area contributed by atoms with Crippen LogP contribution in [-0.4, -0.2) is 15.4 Å². The highest BCUT2D eigenvalue weighted by atomic mass is 32.2. The third-order valence-corrected chi connectivity index (χ3v) is 2.06. The molecule has 39 valence electrons. The summed E-state index contributed by atoms with van der Waals surface area (Å²) in [5.41, 5.74) is 0. The van der Waals surface area contributed by atoms with Crippen LogP contribution in [0.4, 0.5) is 0 Å². The van der Waals surface area contributed by atoms with E-state index in [2.05, 4.69) is 0 Å². The Bertz CT molecular complexity index is 91.7. The zero-order valence-electron chi connectivity index (χ0n) is 3.72. The monoisotopic (exact) mass is 117 g/mol. The maximum atomic E-state index is 10.3.